The number of nitrogens with zero attached hydrogens (tertiary/aromatic N) is 3. The number of piperidine rings is 1. The largest absolute Gasteiger partial charge is 0.356 e. The number of hydrogen-bond donors (Lipinski definition) is 2. The highest BCUT2D eigenvalue weighted by Crippen LogP contribution is 2.27. The predicted octanol–water partition coefficient (Wildman–Crippen LogP) is 2.02. The fourth-order valence-corrected chi connectivity index (χ4v) is 3.10. The molecule has 1 aliphatic carbocycles. The van der Waals surface area contributed by atoms with Crippen LogP contribution in [0, 0.1) is 19.8 Å². The quantitative estimate of drug-likeness (QED) is 0.778. The summed E-state index contributed by atoms with van der Waals surface area (Å²) in [6, 6.07) is 2.32. The molecule has 2 fully saturated rings. The molecule has 1 amide bonds. The molecule has 1 saturated heterocycles. The number of rotatable bonds is 6. The summed E-state index contributed by atoms with van der Waals surface area (Å²) in [5.41, 5.74) is 1.00. The van der Waals surface area contributed by atoms with E-state index in [1.165, 1.54) is 12.8 Å². The Morgan fingerprint density at radius 2 is 1.84 bits per heavy atom. The monoisotopic (exact) mass is 389 g/mol. The summed E-state index contributed by atoms with van der Waals surface area (Å²) in [7, 11) is 0. The minimum Gasteiger partial charge on any atom is -0.356 e. The van der Waals surface area contributed by atoms with Crippen LogP contribution in [0.3, 0.4) is 0 Å². The van der Waals surface area contributed by atoms with Crippen molar-refractivity contribution in [2.75, 3.05) is 31.1 Å². The van der Waals surface area contributed by atoms with Gasteiger partial charge in [-0.25, -0.2) is 9.97 Å². The minimum absolute atomic E-state index is 0. The molecule has 8 heteroatoms. The summed E-state index contributed by atoms with van der Waals surface area (Å²) in [5, 5.41) is 6.39. The number of amides is 1. The smallest absolute Gasteiger partial charge is 0.234 e. The van der Waals surface area contributed by atoms with Crippen LogP contribution < -0.4 is 15.5 Å². The molecule has 0 aromatic carbocycles. The van der Waals surface area contributed by atoms with Crippen LogP contribution in [0.25, 0.3) is 0 Å². The number of halogens is 2. The Hall–Kier alpha value is -1.11. The van der Waals surface area contributed by atoms with E-state index in [-0.39, 0.29) is 36.8 Å². The first-order valence-corrected chi connectivity index (χ1v) is 8.67. The van der Waals surface area contributed by atoms with Crippen molar-refractivity contribution in [1.29, 1.82) is 0 Å². The van der Waals surface area contributed by atoms with E-state index in [1.807, 2.05) is 19.9 Å². The van der Waals surface area contributed by atoms with Gasteiger partial charge in [0, 0.05) is 30.9 Å². The van der Waals surface area contributed by atoms with E-state index >= 15 is 0 Å². The number of aromatic nitrogens is 2. The number of carbonyl (C=O) groups is 1. The van der Waals surface area contributed by atoms with Gasteiger partial charge in [-0.05, 0) is 52.0 Å². The molecule has 1 aliphatic heterocycles. The van der Waals surface area contributed by atoms with E-state index < -0.39 is 0 Å². The van der Waals surface area contributed by atoms with Crippen LogP contribution in [0.2, 0.25) is 0 Å². The van der Waals surface area contributed by atoms with Crippen molar-refractivity contribution < 1.29 is 4.79 Å². The zero-order valence-electron chi connectivity index (χ0n) is 15.0. The standard InChI is InChI=1S/C17H27N5O.2ClH/c1-12-9-16(20-13(2)19-12)22-7-5-15(6-8-22)21-17(23)11-18-10-14-3-4-14;;/h9,14-15,18H,3-8,10-11H2,1-2H3,(H,21,23);2*1H. The Morgan fingerprint density at radius 3 is 2.44 bits per heavy atom. The van der Waals surface area contributed by atoms with Gasteiger partial charge in [0.05, 0.1) is 6.54 Å². The third kappa shape index (κ3) is 6.96. The van der Waals surface area contributed by atoms with Gasteiger partial charge in [-0.3, -0.25) is 4.79 Å². The molecule has 1 aromatic rings. The molecule has 2 aliphatic rings. The zero-order valence-corrected chi connectivity index (χ0v) is 16.6. The number of aryl methyl sites for hydroxylation is 2. The zero-order chi connectivity index (χ0) is 16.2. The molecule has 2 heterocycles. The van der Waals surface area contributed by atoms with Crippen molar-refractivity contribution in [2.45, 2.75) is 45.6 Å². The van der Waals surface area contributed by atoms with E-state index in [2.05, 4.69) is 25.5 Å². The van der Waals surface area contributed by atoms with E-state index in [9.17, 15) is 4.79 Å². The Morgan fingerprint density at radius 1 is 1.16 bits per heavy atom. The molecule has 0 radical (unpaired) electrons. The van der Waals surface area contributed by atoms with Crippen molar-refractivity contribution >= 4 is 36.5 Å². The first-order valence-electron chi connectivity index (χ1n) is 8.67. The fourth-order valence-electron chi connectivity index (χ4n) is 3.10. The lowest BCUT2D eigenvalue weighted by Gasteiger charge is -2.33. The maximum Gasteiger partial charge on any atom is 0.234 e. The Kier molecular flexibility index (Phi) is 8.89. The van der Waals surface area contributed by atoms with E-state index in [0.717, 1.165) is 55.7 Å². The van der Waals surface area contributed by atoms with Crippen LogP contribution in [-0.2, 0) is 4.79 Å². The molecule has 0 unspecified atom stereocenters. The molecular weight excluding hydrogens is 361 g/mol. The molecule has 2 N–H and O–H groups in total. The second-order valence-electron chi connectivity index (χ2n) is 6.82. The lowest BCUT2D eigenvalue weighted by molar-refractivity contribution is -0.121. The SMILES string of the molecule is Cc1cc(N2CCC(NC(=O)CNCC3CC3)CC2)nc(C)n1.Cl.Cl. The molecule has 0 spiro atoms. The number of nitrogens with one attached hydrogen (secondary N) is 2. The summed E-state index contributed by atoms with van der Waals surface area (Å²) in [4.78, 5) is 23.1. The van der Waals surface area contributed by atoms with Crippen molar-refractivity contribution in [2.24, 2.45) is 5.92 Å². The summed E-state index contributed by atoms with van der Waals surface area (Å²) in [5.74, 6) is 2.76. The van der Waals surface area contributed by atoms with E-state index in [4.69, 9.17) is 0 Å². The summed E-state index contributed by atoms with van der Waals surface area (Å²) in [6.07, 6.45) is 4.57. The topological polar surface area (TPSA) is 70.2 Å². The highest BCUT2D eigenvalue weighted by Gasteiger charge is 2.23. The molecule has 6 nitrogen and oxygen atoms in total. The third-order valence-corrected chi connectivity index (χ3v) is 4.55. The van der Waals surface area contributed by atoms with Gasteiger partial charge in [-0.1, -0.05) is 0 Å². The van der Waals surface area contributed by atoms with Gasteiger partial charge in [0.1, 0.15) is 11.6 Å². The van der Waals surface area contributed by atoms with E-state index in [0.29, 0.717) is 6.54 Å². The number of anilines is 1. The Labute approximate surface area is 162 Å². The molecule has 25 heavy (non-hydrogen) atoms. The molecule has 0 bridgehead atoms. The number of carbonyl (C=O) groups excluding carboxylic acids is 1. The van der Waals surface area contributed by atoms with Crippen LogP contribution in [0.15, 0.2) is 6.07 Å². The average molecular weight is 390 g/mol. The third-order valence-electron chi connectivity index (χ3n) is 4.55. The highest BCUT2D eigenvalue weighted by atomic mass is 35.5. The van der Waals surface area contributed by atoms with Gasteiger partial charge in [0.2, 0.25) is 5.91 Å². The van der Waals surface area contributed by atoms with Crippen LogP contribution in [-0.4, -0.2) is 48.1 Å². The van der Waals surface area contributed by atoms with Crippen molar-refractivity contribution in [3.8, 4) is 0 Å². The molecular formula is C17H29Cl2N5O. The Bertz CT molecular complexity index is 540. The predicted molar refractivity (Wildman–Crippen MR) is 105 cm³/mol. The second kappa shape index (κ2) is 10.1. The van der Waals surface area contributed by atoms with Crippen molar-refractivity contribution in [1.82, 2.24) is 20.6 Å². The normalized spacial score (nSPS) is 17.4. The lowest BCUT2D eigenvalue weighted by Crippen LogP contribution is -2.47. The van der Waals surface area contributed by atoms with Crippen molar-refractivity contribution in [3.05, 3.63) is 17.6 Å². The van der Waals surface area contributed by atoms with Crippen LogP contribution in [0.1, 0.15) is 37.2 Å². The molecule has 3 rings (SSSR count). The van der Waals surface area contributed by atoms with Crippen LogP contribution in [0.5, 0.6) is 0 Å². The van der Waals surface area contributed by atoms with Crippen molar-refractivity contribution in [3.63, 3.8) is 0 Å². The minimum atomic E-state index is 0. The lowest BCUT2D eigenvalue weighted by atomic mass is 10.0. The van der Waals surface area contributed by atoms with Gasteiger partial charge < -0.3 is 15.5 Å². The summed E-state index contributed by atoms with van der Waals surface area (Å²) < 4.78 is 0. The first kappa shape index (κ1) is 21.9. The molecule has 1 saturated carbocycles. The van der Waals surface area contributed by atoms with Gasteiger partial charge in [-0.15, -0.1) is 24.8 Å². The van der Waals surface area contributed by atoms with Crippen LogP contribution in [0.4, 0.5) is 5.82 Å². The fraction of sp³-hybridized carbons (Fsp3) is 0.706. The van der Waals surface area contributed by atoms with Crippen LogP contribution >= 0.6 is 24.8 Å². The molecule has 142 valence electrons. The van der Waals surface area contributed by atoms with Gasteiger partial charge in [0.15, 0.2) is 0 Å². The molecule has 0 atom stereocenters. The summed E-state index contributed by atoms with van der Waals surface area (Å²) in [6.45, 7) is 7.21. The maximum absolute atomic E-state index is 11.9. The van der Waals surface area contributed by atoms with Gasteiger partial charge in [0.25, 0.3) is 0 Å². The average Bonchev–Trinajstić information content (AvgIpc) is 3.31. The van der Waals surface area contributed by atoms with Gasteiger partial charge in [-0.2, -0.15) is 0 Å². The van der Waals surface area contributed by atoms with E-state index in [1.54, 1.807) is 0 Å². The molecule has 1 aromatic heterocycles. The first-order chi connectivity index (χ1) is 11.1. The maximum atomic E-state index is 11.9. The van der Waals surface area contributed by atoms with Gasteiger partial charge >= 0.3 is 0 Å². The summed E-state index contributed by atoms with van der Waals surface area (Å²) >= 11 is 0. The number of hydrogen-bond acceptors (Lipinski definition) is 5. The second-order valence-corrected chi connectivity index (χ2v) is 6.82. The Balaban J connectivity index is 0.00000156. The highest BCUT2D eigenvalue weighted by molar-refractivity contribution is 5.85.